The topological polar surface area (TPSA) is 125 Å². The summed E-state index contributed by atoms with van der Waals surface area (Å²) in [5.74, 6) is -0.546. The Kier molecular flexibility index (Phi) is 7.97. The lowest BCUT2D eigenvalue weighted by atomic mass is 10.00. The van der Waals surface area contributed by atoms with E-state index >= 15 is 0 Å². The number of halogens is 2. The van der Waals surface area contributed by atoms with Crippen LogP contribution < -0.4 is 21.6 Å². The maximum absolute atomic E-state index is 14.0. The van der Waals surface area contributed by atoms with Gasteiger partial charge in [0.25, 0.3) is 0 Å². The monoisotopic (exact) mass is 593 g/mol. The van der Waals surface area contributed by atoms with Gasteiger partial charge in [-0.05, 0) is 49.9 Å². The molecule has 0 bridgehead atoms. The molecule has 0 amide bonds. The minimum absolute atomic E-state index is 0.220. The molecule has 0 saturated heterocycles. The van der Waals surface area contributed by atoms with E-state index in [1.54, 1.807) is 19.1 Å². The van der Waals surface area contributed by atoms with Crippen molar-refractivity contribution in [3.63, 3.8) is 0 Å². The van der Waals surface area contributed by atoms with Gasteiger partial charge in [-0.15, -0.1) is 5.53 Å². The number of nitrogens with one attached hydrogen (secondary N) is 4. The third-order valence-electron chi connectivity index (χ3n) is 7.68. The molecular weight excluding hydrogens is 565 g/mol. The predicted molar refractivity (Wildman–Crippen MR) is 164 cm³/mol. The zero-order valence-corrected chi connectivity index (χ0v) is 24.2. The van der Waals surface area contributed by atoms with Crippen LogP contribution in [-0.2, 0) is 0 Å². The van der Waals surface area contributed by atoms with Crippen LogP contribution in [0.1, 0.15) is 60.2 Å². The smallest absolute Gasteiger partial charge is 0.213 e. The number of fused-ring (bicyclic) bond motifs is 1. The van der Waals surface area contributed by atoms with Crippen molar-refractivity contribution in [2.45, 2.75) is 50.7 Å². The normalized spacial score (nSPS) is 15.7. The second-order valence-corrected chi connectivity index (χ2v) is 11.1. The summed E-state index contributed by atoms with van der Waals surface area (Å²) in [6.45, 7) is 1.78. The summed E-state index contributed by atoms with van der Waals surface area (Å²) in [4.78, 5) is 8.57. The van der Waals surface area contributed by atoms with E-state index < -0.39 is 12.0 Å². The second-order valence-electron chi connectivity index (χ2n) is 10.7. The predicted octanol–water partition coefficient (Wildman–Crippen LogP) is 6.54. The SMILES string of the molecule is Cc1nc(F)ccc1[C@@H](Nc1cc(Cl)c2ncc(C#N)c(N[C@H](CCC#N)c3ccccc3)c2c1)C1=CN(C2CC2)NN1. The van der Waals surface area contributed by atoms with Gasteiger partial charge in [-0.25, -0.2) is 4.98 Å². The summed E-state index contributed by atoms with van der Waals surface area (Å²) in [5.41, 5.74) is 11.8. The van der Waals surface area contributed by atoms with E-state index in [2.05, 4.69) is 43.7 Å². The fraction of sp³-hybridized carbons (Fsp3) is 0.250. The van der Waals surface area contributed by atoms with Crippen molar-refractivity contribution in [2.24, 2.45) is 0 Å². The van der Waals surface area contributed by atoms with Crippen LogP contribution in [0.2, 0.25) is 5.02 Å². The van der Waals surface area contributed by atoms with Crippen LogP contribution in [0.25, 0.3) is 10.9 Å². The van der Waals surface area contributed by atoms with E-state index in [1.807, 2.05) is 47.6 Å². The quantitative estimate of drug-likeness (QED) is 0.152. The Labute approximate surface area is 253 Å². The largest absolute Gasteiger partial charge is 0.377 e. The zero-order valence-electron chi connectivity index (χ0n) is 23.4. The zero-order chi connectivity index (χ0) is 29.9. The molecule has 1 aliphatic carbocycles. The van der Waals surface area contributed by atoms with Crippen molar-refractivity contribution in [3.05, 3.63) is 106 Å². The number of aromatic nitrogens is 2. The van der Waals surface area contributed by atoms with Crippen LogP contribution in [0.5, 0.6) is 0 Å². The molecule has 2 aliphatic rings. The van der Waals surface area contributed by atoms with Gasteiger partial charge in [0.2, 0.25) is 5.95 Å². The number of benzene rings is 2. The van der Waals surface area contributed by atoms with Crippen LogP contribution in [0, 0.1) is 35.5 Å². The summed E-state index contributed by atoms with van der Waals surface area (Å²) in [6, 6.07) is 20.9. The van der Waals surface area contributed by atoms with Gasteiger partial charge in [0.1, 0.15) is 6.07 Å². The molecule has 6 rings (SSSR count). The number of anilines is 2. The maximum Gasteiger partial charge on any atom is 0.213 e. The minimum atomic E-state index is -0.546. The standard InChI is InChI=1S/C32H29ClFN9/c1-19-24(11-12-29(34)38-19)32(28-18-43(42-41-28)23-9-10-23)39-22-14-25-30(21(16-36)17-37-31(25)26(33)15-22)40-27(8-5-13-35)20-6-3-2-4-7-20/h2-4,6-7,11-12,14-15,17-18,23,27,32,39,41-42H,5,8-10H2,1H3,(H,37,40)/t27-,32-/m1/s1. The van der Waals surface area contributed by atoms with E-state index in [0.29, 0.717) is 57.4 Å². The number of hydrogen-bond acceptors (Lipinski definition) is 9. The van der Waals surface area contributed by atoms with Crippen LogP contribution in [-0.4, -0.2) is 21.0 Å². The average Bonchev–Trinajstić information content (AvgIpc) is 3.75. The first-order valence-electron chi connectivity index (χ1n) is 14.1. The molecule has 1 fully saturated rings. The molecule has 4 N–H and O–H groups in total. The number of aryl methyl sites for hydroxylation is 1. The molecule has 4 aromatic rings. The highest BCUT2D eigenvalue weighted by molar-refractivity contribution is 6.35. The highest BCUT2D eigenvalue weighted by atomic mass is 35.5. The number of rotatable bonds is 10. The summed E-state index contributed by atoms with van der Waals surface area (Å²) in [7, 11) is 0. The Morgan fingerprint density at radius 2 is 1.95 bits per heavy atom. The van der Waals surface area contributed by atoms with E-state index in [9.17, 15) is 14.9 Å². The van der Waals surface area contributed by atoms with Crippen molar-refractivity contribution in [1.82, 2.24) is 25.9 Å². The van der Waals surface area contributed by atoms with E-state index in [-0.39, 0.29) is 6.04 Å². The van der Waals surface area contributed by atoms with Crippen LogP contribution in [0.3, 0.4) is 0 Å². The Balaban J connectivity index is 1.42. The molecule has 1 saturated carbocycles. The third kappa shape index (κ3) is 6.02. The van der Waals surface area contributed by atoms with Crippen LogP contribution in [0.15, 0.2) is 72.7 Å². The summed E-state index contributed by atoms with van der Waals surface area (Å²) >= 11 is 6.81. The number of hydrogen-bond donors (Lipinski definition) is 4. The Morgan fingerprint density at radius 1 is 1.14 bits per heavy atom. The molecule has 0 radical (unpaired) electrons. The lowest BCUT2D eigenvalue weighted by Crippen LogP contribution is -2.38. The van der Waals surface area contributed by atoms with E-state index in [4.69, 9.17) is 11.6 Å². The second kappa shape index (κ2) is 12.1. The highest BCUT2D eigenvalue weighted by Crippen LogP contribution is 2.38. The molecule has 2 atom stereocenters. The van der Waals surface area contributed by atoms with Gasteiger partial charge in [0.15, 0.2) is 0 Å². The molecular formula is C32H29ClFN9. The van der Waals surface area contributed by atoms with Gasteiger partial charge in [-0.2, -0.15) is 14.9 Å². The summed E-state index contributed by atoms with van der Waals surface area (Å²) < 4.78 is 14.0. The summed E-state index contributed by atoms with van der Waals surface area (Å²) in [6.07, 6.45) is 6.63. The van der Waals surface area contributed by atoms with E-state index in [0.717, 1.165) is 29.7 Å². The van der Waals surface area contributed by atoms with Crippen LogP contribution in [0.4, 0.5) is 15.8 Å². The van der Waals surface area contributed by atoms with Gasteiger partial charge < -0.3 is 16.1 Å². The Bertz CT molecular complexity index is 1780. The molecule has 43 heavy (non-hydrogen) atoms. The van der Waals surface area contributed by atoms with Crippen molar-refractivity contribution in [2.75, 3.05) is 10.6 Å². The van der Waals surface area contributed by atoms with Crippen LogP contribution >= 0.6 is 11.6 Å². The van der Waals surface area contributed by atoms with Crippen molar-refractivity contribution >= 4 is 33.9 Å². The molecule has 216 valence electrons. The number of hydrazine groups is 2. The van der Waals surface area contributed by atoms with Gasteiger partial charge in [0, 0.05) is 47.2 Å². The first kappa shape index (κ1) is 28.2. The fourth-order valence-corrected chi connectivity index (χ4v) is 5.62. The molecule has 0 spiro atoms. The molecule has 9 nitrogen and oxygen atoms in total. The molecule has 11 heteroatoms. The van der Waals surface area contributed by atoms with Crippen molar-refractivity contribution in [1.29, 1.82) is 10.5 Å². The van der Waals surface area contributed by atoms with E-state index in [1.165, 1.54) is 12.3 Å². The molecule has 0 unspecified atom stereocenters. The third-order valence-corrected chi connectivity index (χ3v) is 7.97. The molecule has 2 aromatic carbocycles. The fourth-order valence-electron chi connectivity index (χ4n) is 5.35. The number of nitriles is 2. The molecule has 1 aliphatic heterocycles. The summed E-state index contributed by atoms with van der Waals surface area (Å²) in [5, 5.41) is 29.6. The van der Waals surface area contributed by atoms with Crippen molar-refractivity contribution in [3.8, 4) is 12.1 Å². The van der Waals surface area contributed by atoms with Crippen molar-refractivity contribution < 1.29 is 4.39 Å². The van der Waals surface area contributed by atoms with Gasteiger partial charge in [0.05, 0.1) is 45.6 Å². The highest BCUT2D eigenvalue weighted by Gasteiger charge is 2.33. The van der Waals surface area contributed by atoms with Gasteiger partial charge in [-0.3, -0.25) is 9.99 Å². The lowest BCUT2D eigenvalue weighted by Gasteiger charge is -2.24. The first-order valence-corrected chi connectivity index (χ1v) is 14.4. The molecule has 2 aromatic heterocycles. The van der Waals surface area contributed by atoms with Gasteiger partial charge in [-0.1, -0.05) is 48.0 Å². The Hall–Kier alpha value is -4.90. The van der Waals surface area contributed by atoms with Gasteiger partial charge >= 0.3 is 0 Å². The Morgan fingerprint density at radius 3 is 2.67 bits per heavy atom. The average molecular weight is 594 g/mol. The first-order chi connectivity index (χ1) is 20.9. The maximum atomic E-state index is 14.0. The lowest BCUT2D eigenvalue weighted by molar-refractivity contribution is 0.260. The molecule has 3 heterocycles. The number of pyridine rings is 2. The number of nitrogens with zero attached hydrogens (tertiary/aromatic N) is 5. The minimum Gasteiger partial charge on any atom is -0.377 e.